The first kappa shape index (κ1) is 9.77. The van der Waals surface area contributed by atoms with E-state index in [1.165, 1.54) is 44.9 Å². The summed E-state index contributed by atoms with van der Waals surface area (Å²) in [6, 6.07) is 2.46. The van der Waals surface area contributed by atoms with Crippen LogP contribution in [0.1, 0.15) is 44.9 Å². The van der Waals surface area contributed by atoms with Gasteiger partial charge in [-0.05, 0) is 24.7 Å². The fraction of sp³-hybridized carbons (Fsp3) is 0.769. The van der Waals surface area contributed by atoms with E-state index in [1.54, 1.807) is 0 Å². The smallest absolute Gasteiger partial charge is 0.0700 e. The molecule has 0 aromatic rings. The molecule has 0 bridgehead atoms. The fourth-order valence-corrected chi connectivity index (χ4v) is 3.08. The molecule has 2 aliphatic rings. The fourth-order valence-electron chi connectivity index (χ4n) is 3.08. The molecule has 0 N–H and O–H groups in total. The first-order chi connectivity index (χ1) is 6.92. The van der Waals surface area contributed by atoms with Crippen molar-refractivity contribution in [2.45, 2.75) is 44.9 Å². The summed E-state index contributed by atoms with van der Waals surface area (Å²) in [5.74, 6) is 1.73. The van der Waals surface area contributed by atoms with Gasteiger partial charge in [0.1, 0.15) is 0 Å². The van der Waals surface area contributed by atoms with Gasteiger partial charge in [0.25, 0.3) is 0 Å². The molecule has 76 valence electrons. The van der Waals surface area contributed by atoms with E-state index in [4.69, 9.17) is 5.26 Å². The SMILES string of the molecule is N#CC1C=CCCC1C1CCCCC1. The van der Waals surface area contributed by atoms with Crippen LogP contribution in [0.5, 0.6) is 0 Å². The highest BCUT2D eigenvalue weighted by Gasteiger charge is 2.30. The lowest BCUT2D eigenvalue weighted by atomic mass is 9.71. The first-order valence-electron chi connectivity index (χ1n) is 5.98. The van der Waals surface area contributed by atoms with Gasteiger partial charge in [-0.3, -0.25) is 0 Å². The van der Waals surface area contributed by atoms with Crippen molar-refractivity contribution in [3.63, 3.8) is 0 Å². The molecular weight excluding hydrogens is 170 g/mol. The second kappa shape index (κ2) is 4.64. The van der Waals surface area contributed by atoms with E-state index >= 15 is 0 Å². The van der Waals surface area contributed by atoms with Crippen LogP contribution in [0.15, 0.2) is 12.2 Å². The summed E-state index contributed by atoms with van der Waals surface area (Å²) >= 11 is 0. The highest BCUT2D eigenvalue weighted by molar-refractivity contribution is 5.08. The molecule has 0 aliphatic heterocycles. The van der Waals surface area contributed by atoms with E-state index in [0.29, 0.717) is 5.92 Å². The molecule has 1 fully saturated rings. The Labute approximate surface area is 86.8 Å². The molecule has 0 saturated heterocycles. The van der Waals surface area contributed by atoms with Crippen molar-refractivity contribution in [2.75, 3.05) is 0 Å². The zero-order valence-electron chi connectivity index (χ0n) is 8.78. The number of allylic oxidation sites excluding steroid dienone is 2. The lowest BCUT2D eigenvalue weighted by Crippen LogP contribution is -2.25. The van der Waals surface area contributed by atoms with Gasteiger partial charge in [-0.15, -0.1) is 0 Å². The van der Waals surface area contributed by atoms with E-state index in [-0.39, 0.29) is 5.92 Å². The molecule has 2 rings (SSSR count). The molecule has 0 aromatic heterocycles. The van der Waals surface area contributed by atoms with Crippen molar-refractivity contribution in [1.29, 1.82) is 5.26 Å². The molecule has 2 unspecified atom stereocenters. The monoisotopic (exact) mass is 189 g/mol. The molecule has 0 aromatic carbocycles. The van der Waals surface area contributed by atoms with Gasteiger partial charge in [-0.2, -0.15) is 5.26 Å². The van der Waals surface area contributed by atoms with Gasteiger partial charge in [0.15, 0.2) is 0 Å². The minimum absolute atomic E-state index is 0.215. The van der Waals surface area contributed by atoms with Crippen LogP contribution < -0.4 is 0 Å². The van der Waals surface area contributed by atoms with Gasteiger partial charge in [0, 0.05) is 0 Å². The highest BCUT2D eigenvalue weighted by atomic mass is 14.4. The third kappa shape index (κ3) is 2.00. The summed E-state index contributed by atoms with van der Waals surface area (Å²) in [6.45, 7) is 0. The van der Waals surface area contributed by atoms with Crippen LogP contribution in [-0.2, 0) is 0 Å². The van der Waals surface area contributed by atoms with E-state index in [0.717, 1.165) is 5.92 Å². The summed E-state index contributed by atoms with van der Waals surface area (Å²) in [6.07, 6.45) is 13.7. The molecule has 0 heterocycles. The zero-order valence-corrected chi connectivity index (χ0v) is 8.78. The zero-order chi connectivity index (χ0) is 9.80. The molecular formula is C13H19N. The Morgan fingerprint density at radius 2 is 1.86 bits per heavy atom. The van der Waals surface area contributed by atoms with Gasteiger partial charge >= 0.3 is 0 Å². The Kier molecular flexibility index (Phi) is 3.24. The Morgan fingerprint density at radius 1 is 1.07 bits per heavy atom. The van der Waals surface area contributed by atoms with Crippen molar-refractivity contribution in [2.24, 2.45) is 17.8 Å². The van der Waals surface area contributed by atoms with Crippen molar-refractivity contribution in [3.05, 3.63) is 12.2 Å². The molecule has 14 heavy (non-hydrogen) atoms. The highest BCUT2D eigenvalue weighted by Crippen LogP contribution is 2.38. The van der Waals surface area contributed by atoms with E-state index in [2.05, 4.69) is 18.2 Å². The Bertz CT molecular complexity index is 242. The number of nitriles is 1. The van der Waals surface area contributed by atoms with Crippen molar-refractivity contribution in [1.82, 2.24) is 0 Å². The molecule has 0 amide bonds. The standard InChI is InChI=1S/C13H19N/c14-10-12-8-4-5-9-13(12)11-6-2-1-3-7-11/h4,8,11-13H,1-3,5-7,9H2. The van der Waals surface area contributed by atoms with E-state index in [1.807, 2.05) is 0 Å². The van der Waals surface area contributed by atoms with Crippen molar-refractivity contribution in [3.8, 4) is 6.07 Å². The molecule has 0 radical (unpaired) electrons. The predicted molar refractivity (Wildman–Crippen MR) is 57.5 cm³/mol. The van der Waals surface area contributed by atoms with Gasteiger partial charge < -0.3 is 0 Å². The molecule has 2 aliphatic carbocycles. The number of nitrogens with zero attached hydrogens (tertiary/aromatic N) is 1. The Balaban J connectivity index is 2.01. The van der Waals surface area contributed by atoms with Gasteiger partial charge in [0.05, 0.1) is 12.0 Å². The number of hydrogen-bond donors (Lipinski definition) is 0. The van der Waals surface area contributed by atoms with Crippen LogP contribution in [-0.4, -0.2) is 0 Å². The second-order valence-electron chi connectivity index (χ2n) is 4.72. The summed E-state index contributed by atoms with van der Waals surface area (Å²) < 4.78 is 0. The molecule has 2 atom stereocenters. The average molecular weight is 189 g/mol. The van der Waals surface area contributed by atoms with E-state index < -0.39 is 0 Å². The molecule has 1 nitrogen and oxygen atoms in total. The van der Waals surface area contributed by atoms with Gasteiger partial charge in [-0.25, -0.2) is 0 Å². The summed E-state index contributed by atoms with van der Waals surface area (Å²) in [5, 5.41) is 9.09. The van der Waals surface area contributed by atoms with Gasteiger partial charge in [0.2, 0.25) is 0 Å². The third-order valence-corrected chi connectivity index (χ3v) is 3.88. The largest absolute Gasteiger partial charge is 0.198 e. The van der Waals surface area contributed by atoms with Crippen LogP contribution in [0.3, 0.4) is 0 Å². The second-order valence-corrected chi connectivity index (χ2v) is 4.72. The predicted octanol–water partition coefficient (Wildman–Crippen LogP) is 3.67. The number of hydrogen-bond acceptors (Lipinski definition) is 1. The number of rotatable bonds is 1. The van der Waals surface area contributed by atoms with Crippen LogP contribution in [0.25, 0.3) is 0 Å². The van der Waals surface area contributed by atoms with Crippen LogP contribution in [0, 0.1) is 29.1 Å². The molecule has 0 spiro atoms. The quantitative estimate of drug-likeness (QED) is 0.577. The summed E-state index contributed by atoms with van der Waals surface area (Å²) in [7, 11) is 0. The average Bonchev–Trinajstić information content (AvgIpc) is 2.30. The van der Waals surface area contributed by atoms with Gasteiger partial charge in [-0.1, -0.05) is 44.3 Å². The summed E-state index contributed by atoms with van der Waals surface area (Å²) in [5.41, 5.74) is 0. The minimum atomic E-state index is 0.215. The Hall–Kier alpha value is -0.770. The van der Waals surface area contributed by atoms with Crippen LogP contribution in [0.4, 0.5) is 0 Å². The summed E-state index contributed by atoms with van der Waals surface area (Å²) in [4.78, 5) is 0. The Morgan fingerprint density at radius 3 is 2.57 bits per heavy atom. The minimum Gasteiger partial charge on any atom is -0.198 e. The molecule has 1 heteroatoms. The van der Waals surface area contributed by atoms with Crippen LogP contribution >= 0.6 is 0 Å². The molecule has 1 saturated carbocycles. The van der Waals surface area contributed by atoms with E-state index in [9.17, 15) is 0 Å². The third-order valence-electron chi connectivity index (χ3n) is 3.88. The van der Waals surface area contributed by atoms with Crippen LogP contribution in [0.2, 0.25) is 0 Å². The first-order valence-corrected chi connectivity index (χ1v) is 5.98. The maximum Gasteiger partial charge on any atom is 0.0700 e. The van der Waals surface area contributed by atoms with Crippen molar-refractivity contribution < 1.29 is 0 Å². The lowest BCUT2D eigenvalue weighted by Gasteiger charge is -2.33. The maximum atomic E-state index is 9.09. The maximum absolute atomic E-state index is 9.09. The lowest BCUT2D eigenvalue weighted by molar-refractivity contribution is 0.207. The van der Waals surface area contributed by atoms with Crippen molar-refractivity contribution >= 4 is 0 Å². The normalized spacial score (nSPS) is 33.9. The topological polar surface area (TPSA) is 23.8 Å².